The van der Waals surface area contributed by atoms with Gasteiger partial charge in [0, 0.05) is 13.0 Å². The second-order valence-corrected chi connectivity index (χ2v) is 7.67. The van der Waals surface area contributed by atoms with Crippen LogP contribution in [0.3, 0.4) is 0 Å². The molecule has 0 unspecified atom stereocenters. The third kappa shape index (κ3) is 6.17. The third-order valence-corrected chi connectivity index (χ3v) is 5.27. The molecule has 1 aliphatic heterocycles. The van der Waals surface area contributed by atoms with Gasteiger partial charge in [0.1, 0.15) is 0 Å². The van der Waals surface area contributed by atoms with Crippen molar-refractivity contribution in [1.29, 1.82) is 0 Å². The standard InChI is InChI=1S/C23H22ClN3O6/c24-18-11-6-5-10-17(18)21(30)26-25-19(28)14-33-20(29)12-2-1-7-13-27-22(31)15-8-3-4-9-16(15)23(27)32/h3-6,8-11H,1-2,7,12-14H2,(H,25,28)(H,26,30). The summed E-state index contributed by atoms with van der Waals surface area (Å²) in [6.07, 6.45) is 1.71. The minimum atomic E-state index is -0.700. The lowest BCUT2D eigenvalue weighted by Gasteiger charge is -2.13. The zero-order chi connectivity index (χ0) is 23.8. The normalized spacial score (nSPS) is 12.3. The van der Waals surface area contributed by atoms with Crippen molar-refractivity contribution in [1.82, 2.24) is 15.8 Å². The van der Waals surface area contributed by atoms with Gasteiger partial charge in [0.15, 0.2) is 6.61 Å². The molecule has 4 amide bonds. The Kier molecular flexibility index (Phi) is 8.15. The van der Waals surface area contributed by atoms with Crippen LogP contribution in [-0.2, 0) is 14.3 Å². The number of nitrogens with one attached hydrogen (secondary N) is 2. The Morgan fingerprint density at radius 2 is 1.48 bits per heavy atom. The lowest BCUT2D eigenvalue weighted by atomic mass is 10.1. The van der Waals surface area contributed by atoms with Gasteiger partial charge in [-0.3, -0.25) is 39.7 Å². The number of hydrogen-bond donors (Lipinski definition) is 2. The number of carbonyl (C=O) groups is 5. The fraction of sp³-hybridized carbons (Fsp3) is 0.261. The van der Waals surface area contributed by atoms with E-state index in [1.165, 1.54) is 11.0 Å². The Bertz CT molecular complexity index is 1050. The molecule has 0 aliphatic carbocycles. The first-order valence-corrected chi connectivity index (χ1v) is 10.7. The number of hydrazine groups is 1. The Balaban J connectivity index is 1.28. The molecule has 172 valence electrons. The fourth-order valence-corrected chi connectivity index (χ4v) is 3.47. The molecule has 0 spiro atoms. The van der Waals surface area contributed by atoms with Crippen LogP contribution < -0.4 is 10.9 Å². The zero-order valence-electron chi connectivity index (χ0n) is 17.6. The number of fused-ring (bicyclic) bond motifs is 1. The van der Waals surface area contributed by atoms with Crippen LogP contribution in [0, 0.1) is 0 Å². The summed E-state index contributed by atoms with van der Waals surface area (Å²) in [5, 5.41) is 0.235. The summed E-state index contributed by atoms with van der Waals surface area (Å²) in [6.45, 7) is -0.272. The van der Waals surface area contributed by atoms with Gasteiger partial charge in [0.25, 0.3) is 23.6 Å². The number of esters is 1. The molecule has 2 aromatic rings. The SMILES string of the molecule is O=C(COC(=O)CCCCCN1C(=O)c2ccccc2C1=O)NNC(=O)c1ccccc1Cl. The van der Waals surface area contributed by atoms with Gasteiger partial charge in [-0.05, 0) is 37.1 Å². The van der Waals surface area contributed by atoms with Crippen molar-refractivity contribution in [3.8, 4) is 0 Å². The van der Waals surface area contributed by atoms with Gasteiger partial charge in [-0.15, -0.1) is 0 Å². The molecule has 0 saturated heterocycles. The predicted molar refractivity (Wildman–Crippen MR) is 118 cm³/mol. The smallest absolute Gasteiger partial charge is 0.306 e. The molecule has 9 nitrogen and oxygen atoms in total. The van der Waals surface area contributed by atoms with E-state index in [1.54, 1.807) is 42.5 Å². The number of imide groups is 1. The van der Waals surface area contributed by atoms with Crippen LogP contribution in [0.25, 0.3) is 0 Å². The molecule has 0 fully saturated rings. The topological polar surface area (TPSA) is 122 Å². The summed E-state index contributed by atoms with van der Waals surface area (Å²) in [6, 6.07) is 13.0. The molecule has 0 saturated carbocycles. The average Bonchev–Trinajstić information content (AvgIpc) is 3.06. The number of halogens is 1. The minimum Gasteiger partial charge on any atom is -0.455 e. The van der Waals surface area contributed by atoms with Gasteiger partial charge in [-0.2, -0.15) is 0 Å². The number of rotatable bonds is 9. The van der Waals surface area contributed by atoms with Gasteiger partial charge >= 0.3 is 5.97 Å². The highest BCUT2D eigenvalue weighted by Gasteiger charge is 2.34. The molecule has 0 aromatic heterocycles. The van der Waals surface area contributed by atoms with Crippen LogP contribution >= 0.6 is 11.6 Å². The highest BCUT2D eigenvalue weighted by atomic mass is 35.5. The van der Waals surface area contributed by atoms with Crippen molar-refractivity contribution in [2.24, 2.45) is 0 Å². The summed E-state index contributed by atoms with van der Waals surface area (Å²) < 4.78 is 4.87. The van der Waals surface area contributed by atoms with Crippen molar-refractivity contribution in [3.63, 3.8) is 0 Å². The first-order chi connectivity index (χ1) is 15.9. The molecule has 0 radical (unpaired) electrons. The van der Waals surface area contributed by atoms with Crippen LogP contribution in [0.4, 0.5) is 0 Å². The lowest BCUT2D eigenvalue weighted by molar-refractivity contribution is -0.148. The van der Waals surface area contributed by atoms with E-state index < -0.39 is 24.4 Å². The molecule has 33 heavy (non-hydrogen) atoms. The average molecular weight is 472 g/mol. The Morgan fingerprint density at radius 1 is 0.848 bits per heavy atom. The van der Waals surface area contributed by atoms with E-state index in [2.05, 4.69) is 10.9 Å². The number of unbranched alkanes of at least 4 members (excludes halogenated alkanes) is 2. The highest BCUT2D eigenvalue weighted by Crippen LogP contribution is 2.22. The predicted octanol–water partition coefficient (Wildman–Crippen LogP) is 2.50. The summed E-state index contributed by atoms with van der Waals surface area (Å²) in [4.78, 5) is 61.3. The maximum Gasteiger partial charge on any atom is 0.306 e. The van der Waals surface area contributed by atoms with E-state index in [0.29, 0.717) is 30.4 Å². The Morgan fingerprint density at radius 3 is 2.15 bits per heavy atom. The number of hydrogen-bond acceptors (Lipinski definition) is 6. The van der Waals surface area contributed by atoms with Gasteiger partial charge in [-0.1, -0.05) is 42.3 Å². The quantitative estimate of drug-likeness (QED) is 0.251. The lowest BCUT2D eigenvalue weighted by Crippen LogP contribution is -2.43. The summed E-state index contributed by atoms with van der Waals surface area (Å²) in [5.41, 5.74) is 5.34. The van der Waals surface area contributed by atoms with E-state index >= 15 is 0 Å². The molecule has 3 rings (SSSR count). The van der Waals surface area contributed by atoms with E-state index in [9.17, 15) is 24.0 Å². The molecule has 1 heterocycles. The summed E-state index contributed by atoms with van der Waals surface area (Å²) in [5.74, 6) is -2.47. The maximum atomic E-state index is 12.3. The van der Waals surface area contributed by atoms with E-state index in [-0.39, 0.29) is 35.4 Å². The highest BCUT2D eigenvalue weighted by molar-refractivity contribution is 6.33. The second-order valence-electron chi connectivity index (χ2n) is 7.26. The first kappa shape index (κ1) is 23.9. The molecule has 2 aromatic carbocycles. The van der Waals surface area contributed by atoms with E-state index in [0.717, 1.165) is 0 Å². The number of carbonyl (C=O) groups excluding carboxylic acids is 5. The van der Waals surface area contributed by atoms with Gasteiger partial charge in [0.05, 0.1) is 21.7 Å². The van der Waals surface area contributed by atoms with Crippen molar-refractivity contribution in [2.75, 3.05) is 13.2 Å². The number of amides is 4. The number of ether oxygens (including phenoxy) is 1. The third-order valence-electron chi connectivity index (χ3n) is 4.94. The van der Waals surface area contributed by atoms with Crippen molar-refractivity contribution < 1.29 is 28.7 Å². The van der Waals surface area contributed by atoms with Crippen LogP contribution in [-0.4, -0.2) is 47.6 Å². The molecule has 0 atom stereocenters. The molecular formula is C23H22ClN3O6. The largest absolute Gasteiger partial charge is 0.455 e. The number of benzene rings is 2. The Labute approximate surface area is 195 Å². The van der Waals surface area contributed by atoms with E-state index in [4.69, 9.17) is 16.3 Å². The molecule has 1 aliphatic rings. The second kappa shape index (κ2) is 11.2. The summed E-state index contributed by atoms with van der Waals surface area (Å²) >= 11 is 5.90. The number of nitrogens with zero attached hydrogens (tertiary/aromatic N) is 1. The van der Waals surface area contributed by atoms with Crippen LogP contribution in [0.1, 0.15) is 56.8 Å². The van der Waals surface area contributed by atoms with Crippen LogP contribution in [0.5, 0.6) is 0 Å². The Hall–Kier alpha value is -3.72. The van der Waals surface area contributed by atoms with Gasteiger partial charge in [-0.25, -0.2) is 0 Å². The van der Waals surface area contributed by atoms with Crippen molar-refractivity contribution >= 4 is 41.2 Å². The molecular weight excluding hydrogens is 450 g/mol. The zero-order valence-corrected chi connectivity index (χ0v) is 18.4. The van der Waals surface area contributed by atoms with Crippen molar-refractivity contribution in [3.05, 3.63) is 70.2 Å². The molecule has 2 N–H and O–H groups in total. The van der Waals surface area contributed by atoms with Gasteiger partial charge in [0.2, 0.25) is 0 Å². The molecule has 0 bridgehead atoms. The first-order valence-electron chi connectivity index (χ1n) is 10.3. The molecule has 10 heteroatoms. The monoisotopic (exact) mass is 471 g/mol. The maximum absolute atomic E-state index is 12.3. The van der Waals surface area contributed by atoms with E-state index in [1.807, 2.05) is 0 Å². The van der Waals surface area contributed by atoms with Crippen LogP contribution in [0.15, 0.2) is 48.5 Å². The van der Waals surface area contributed by atoms with Crippen LogP contribution in [0.2, 0.25) is 5.02 Å². The minimum absolute atomic E-state index is 0.0847. The fourth-order valence-electron chi connectivity index (χ4n) is 3.25. The van der Waals surface area contributed by atoms with Gasteiger partial charge < -0.3 is 4.74 Å². The summed E-state index contributed by atoms with van der Waals surface area (Å²) in [7, 11) is 0. The van der Waals surface area contributed by atoms with Crippen molar-refractivity contribution in [2.45, 2.75) is 25.7 Å².